The number of anilines is 1. The zero-order valence-corrected chi connectivity index (χ0v) is 11.5. The van der Waals surface area contributed by atoms with Crippen LogP contribution in [0.2, 0.25) is 5.15 Å². The van der Waals surface area contributed by atoms with Crippen LogP contribution in [0.15, 0.2) is 10.8 Å². The normalized spacial score (nSPS) is 10.5. The van der Waals surface area contributed by atoms with Gasteiger partial charge in [0.1, 0.15) is 17.3 Å². The third-order valence-corrected chi connectivity index (χ3v) is 3.49. The van der Waals surface area contributed by atoms with Crippen LogP contribution in [0.3, 0.4) is 0 Å². The number of rotatable bonds is 6. The van der Waals surface area contributed by atoms with Crippen molar-refractivity contribution in [2.75, 3.05) is 25.1 Å². The van der Waals surface area contributed by atoms with Gasteiger partial charge in [-0.1, -0.05) is 11.6 Å². The first-order valence-electron chi connectivity index (χ1n) is 5.14. The molecule has 0 aromatic carbocycles. The third-order valence-electron chi connectivity index (χ3n) is 2.24. The van der Waals surface area contributed by atoms with Crippen LogP contribution in [-0.2, 0) is 0 Å². The Labute approximate surface area is 109 Å². The highest BCUT2D eigenvalue weighted by Crippen LogP contribution is 2.28. The van der Waals surface area contributed by atoms with E-state index in [1.165, 1.54) is 6.33 Å². The van der Waals surface area contributed by atoms with Crippen LogP contribution < -0.4 is 4.90 Å². The molecule has 0 unspecified atom stereocenters. The van der Waals surface area contributed by atoms with Crippen molar-refractivity contribution in [2.24, 2.45) is 0 Å². The first-order valence-corrected chi connectivity index (χ1v) is 6.32. The monoisotopic (exact) mass is 307 g/mol. The number of aliphatic hydroxyl groups excluding tert-OH is 1. The highest BCUT2D eigenvalue weighted by molar-refractivity contribution is 9.10. The van der Waals surface area contributed by atoms with Crippen LogP contribution in [0, 0.1) is 0 Å². The zero-order valence-electron chi connectivity index (χ0n) is 9.16. The second-order valence-electron chi connectivity index (χ2n) is 3.51. The van der Waals surface area contributed by atoms with Gasteiger partial charge in [-0.15, -0.1) is 0 Å². The number of hydrogen-bond acceptors (Lipinski definition) is 4. The standard InChI is InChI=1S/C10H15BrClN3O/c1-15(5-3-2-4-6-16)10-8(11)9(12)13-7-14-10/h7,16H,2-6H2,1H3. The van der Waals surface area contributed by atoms with Gasteiger partial charge in [0.15, 0.2) is 0 Å². The van der Waals surface area contributed by atoms with E-state index < -0.39 is 0 Å². The van der Waals surface area contributed by atoms with Gasteiger partial charge in [-0.2, -0.15) is 0 Å². The lowest BCUT2D eigenvalue weighted by molar-refractivity contribution is 0.283. The second-order valence-corrected chi connectivity index (χ2v) is 4.66. The Bertz CT molecular complexity index is 338. The van der Waals surface area contributed by atoms with Gasteiger partial charge in [-0.25, -0.2) is 9.97 Å². The van der Waals surface area contributed by atoms with Gasteiger partial charge >= 0.3 is 0 Å². The molecule has 1 rings (SSSR count). The summed E-state index contributed by atoms with van der Waals surface area (Å²) in [5.74, 6) is 0.795. The van der Waals surface area contributed by atoms with Crippen molar-refractivity contribution in [1.82, 2.24) is 9.97 Å². The molecule has 0 saturated heterocycles. The lowest BCUT2D eigenvalue weighted by Gasteiger charge is -2.19. The van der Waals surface area contributed by atoms with Crippen LogP contribution in [0.1, 0.15) is 19.3 Å². The van der Waals surface area contributed by atoms with Crippen LogP contribution >= 0.6 is 27.5 Å². The molecule has 0 atom stereocenters. The fourth-order valence-electron chi connectivity index (χ4n) is 1.35. The largest absolute Gasteiger partial charge is 0.396 e. The van der Waals surface area contributed by atoms with Crippen molar-refractivity contribution >= 4 is 33.3 Å². The van der Waals surface area contributed by atoms with Gasteiger partial charge < -0.3 is 10.0 Å². The molecule has 0 spiro atoms. The minimum Gasteiger partial charge on any atom is -0.396 e. The molecule has 0 saturated carbocycles. The lowest BCUT2D eigenvalue weighted by Crippen LogP contribution is -2.20. The maximum absolute atomic E-state index is 8.67. The van der Waals surface area contributed by atoms with Gasteiger partial charge in [-0.05, 0) is 35.2 Å². The molecule has 0 radical (unpaired) electrons. The fourth-order valence-corrected chi connectivity index (χ4v) is 1.99. The summed E-state index contributed by atoms with van der Waals surface area (Å²) < 4.78 is 0.723. The Hall–Kier alpha value is -0.390. The molecule has 0 bridgehead atoms. The molecule has 0 aliphatic carbocycles. The van der Waals surface area contributed by atoms with Crippen molar-refractivity contribution in [1.29, 1.82) is 0 Å². The van der Waals surface area contributed by atoms with Gasteiger partial charge in [-0.3, -0.25) is 0 Å². The maximum atomic E-state index is 8.67. The first-order chi connectivity index (χ1) is 7.66. The van der Waals surface area contributed by atoms with E-state index in [-0.39, 0.29) is 6.61 Å². The van der Waals surface area contributed by atoms with E-state index in [1.54, 1.807) is 0 Å². The predicted molar refractivity (Wildman–Crippen MR) is 68.9 cm³/mol. The molecular formula is C10H15BrClN3O. The van der Waals surface area contributed by atoms with Crippen LogP contribution in [0.5, 0.6) is 0 Å². The molecule has 1 aromatic heterocycles. The molecule has 0 amide bonds. The van der Waals surface area contributed by atoms with E-state index in [0.717, 1.165) is 36.1 Å². The molecule has 0 aliphatic heterocycles. The summed E-state index contributed by atoms with van der Waals surface area (Å²) in [4.78, 5) is 10.1. The Morgan fingerprint density at radius 2 is 2.12 bits per heavy atom. The Kier molecular flexibility index (Phi) is 6.01. The van der Waals surface area contributed by atoms with Gasteiger partial charge in [0.25, 0.3) is 0 Å². The Morgan fingerprint density at radius 1 is 1.38 bits per heavy atom. The number of unbranched alkanes of at least 4 members (excludes halogenated alkanes) is 2. The molecule has 0 aliphatic rings. The van der Waals surface area contributed by atoms with Crippen LogP contribution in [0.4, 0.5) is 5.82 Å². The van der Waals surface area contributed by atoms with E-state index in [1.807, 2.05) is 11.9 Å². The van der Waals surface area contributed by atoms with E-state index in [2.05, 4.69) is 25.9 Å². The lowest BCUT2D eigenvalue weighted by atomic mass is 10.2. The summed E-state index contributed by atoms with van der Waals surface area (Å²) in [6.07, 6.45) is 4.33. The number of aromatic nitrogens is 2. The quantitative estimate of drug-likeness (QED) is 0.648. The van der Waals surface area contributed by atoms with Crippen molar-refractivity contribution in [2.45, 2.75) is 19.3 Å². The Morgan fingerprint density at radius 3 is 2.81 bits per heavy atom. The predicted octanol–water partition coefficient (Wildman–Crippen LogP) is 2.49. The topological polar surface area (TPSA) is 49.2 Å². The molecule has 1 aromatic rings. The van der Waals surface area contributed by atoms with E-state index in [4.69, 9.17) is 16.7 Å². The molecule has 6 heteroatoms. The van der Waals surface area contributed by atoms with Crippen LogP contribution in [-0.4, -0.2) is 35.3 Å². The molecule has 90 valence electrons. The highest BCUT2D eigenvalue weighted by atomic mass is 79.9. The smallest absolute Gasteiger partial charge is 0.148 e. The zero-order chi connectivity index (χ0) is 12.0. The summed E-state index contributed by atoms with van der Waals surface area (Å²) in [6.45, 7) is 1.14. The van der Waals surface area contributed by atoms with Crippen molar-refractivity contribution < 1.29 is 5.11 Å². The second kappa shape index (κ2) is 7.04. The van der Waals surface area contributed by atoms with E-state index >= 15 is 0 Å². The van der Waals surface area contributed by atoms with Crippen molar-refractivity contribution in [3.63, 3.8) is 0 Å². The molecule has 0 fully saturated rings. The summed E-state index contributed by atoms with van der Waals surface area (Å²) in [5.41, 5.74) is 0. The number of nitrogens with zero attached hydrogens (tertiary/aromatic N) is 3. The SMILES string of the molecule is CN(CCCCCO)c1ncnc(Cl)c1Br. The molecule has 1 N–H and O–H groups in total. The fraction of sp³-hybridized carbons (Fsp3) is 0.600. The third kappa shape index (κ3) is 3.88. The molecule has 1 heterocycles. The summed E-state index contributed by atoms with van der Waals surface area (Å²) in [7, 11) is 1.96. The van der Waals surface area contributed by atoms with E-state index in [0.29, 0.717) is 5.15 Å². The van der Waals surface area contributed by atoms with Gasteiger partial charge in [0, 0.05) is 20.2 Å². The maximum Gasteiger partial charge on any atom is 0.148 e. The molecular weight excluding hydrogens is 293 g/mol. The highest BCUT2D eigenvalue weighted by Gasteiger charge is 2.10. The first kappa shape index (κ1) is 13.7. The Balaban J connectivity index is 2.52. The van der Waals surface area contributed by atoms with E-state index in [9.17, 15) is 0 Å². The minimum absolute atomic E-state index is 0.257. The molecule has 4 nitrogen and oxygen atoms in total. The van der Waals surface area contributed by atoms with Crippen molar-refractivity contribution in [3.8, 4) is 0 Å². The average Bonchev–Trinajstić information content (AvgIpc) is 2.28. The minimum atomic E-state index is 0.257. The van der Waals surface area contributed by atoms with Crippen molar-refractivity contribution in [3.05, 3.63) is 16.0 Å². The van der Waals surface area contributed by atoms with Gasteiger partial charge in [0.05, 0.1) is 4.47 Å². The number of halogens is 2. The number of aliphatic hydroxyl groups is 1. The summed E-state index contributed by atoms with van der Waals surface area (Å²) in [5, 5.41) is 9.09. The number of hydrogen-bond donors (Lipinski definition) is 1. The molecule has 16 heavy (non-hydrogen) atoms. The summed E-state index contributed by atoms with van der Waals surface area (Å²) in [6, 6.07) is 0. The average molecular weight is 309 g/mol. The van der Waals surface area contributed by atoms with Gasteiger partial charge in [0.2, 0.25) is 0 Å². The van der Waals surface area contributed by atoms with Crippen LogP contribution in [0.25, 0.3) is 0 Å². The summed E-state index contributed by atoms with van der Waals surface area (Å²) >= 11 is 9.25.